The van der Waals surface area contributed by atoms with E-state index in [0.717, 1.165) is 16.0 Å². The third-order valence-electron chi connectivity index (χ3n) is 5.44. The maximum atomic E-state index is 10.7. The van der Waals surface area contributed by atoms with Crippen LogP contribution in [0.2, 0.25) is 0 Å². The van der Waals surface area contributed by atoms with Gasteiger partial charge in [0.25, 0.3) is 0 Å². The molecule has 2 aromatic heterocycles. The number of nitrogens with one attached hydrogen (secondary N) is 1. The smallest absolute Gasteiger partial charge is 0.405 e. The summed E-state index contributed by atoms with van der Waals surface area (Å²) in [5, 5.41) is 11.1. The minimum Gasteiger partial charge on any atom is -0.465 e. The average Bonchev–Trinajstić information content (AvgIpc) is 2.80. The van der Waals surface area contributed by atoms with Crippen molar-refractivity contribution in [1.82, 2.24) is 20.3 Å². The van der Waals surface area contributed by atoms with E-state index in [-0.39, 0.29) is 12.0 Å². The van der Waals surface area contributed by atoms with Gasteiger partial charge in [-0.25, -0.2) is 19.7 Å². The summed E-state index contributed by atoms with van der Waals surface area (Å²) in [4.78, 5) is 25.1. The van der Waals surface area contributed by atoms with Crippen molar-refractivity contribution in [3.8, 4) is 0 Å². The van der Waals surface area contributed by atoms with E-state index in [2.05, 4.69) is 34.1 Å². The van der Waals surface area contributed by atoms with E-state index in [9.17, 15) is 4.79 Å². The first-order valence-corrected chi connectivity index (χ1v) is 8.40. The van der Waals surface area contributed by atoms with Gasteiger partial charge in [0.2, 0.25) is 0 Å². The van der Waals surface area contributed by atoms with Gasteiger partial charge in [-0.05, 0) is 30.6 Å². The molecule has 22 heavy (non-hydrogen) atoms. The molecule has 7 heteroatoms. The number of aromatic nitrogens is 3. The van der Waals surface area contributed by atoms with Gasteiger partial charge < -0.3 is 10.4 Å². The summed E-state index contributed by atoms with van der Waals surface area (Å²) >= 11 is 1.49. The zero-order chi connectivity index (χ0) is 15.5. The van der Waals surface area contributed by atoms with Crippen molar-refractivity contribution in [2.75, 3.05) is 0 Å². The molecule has 0 saturated heterocycles. The highest BCUT2D eigenvalue weighted by Crippen LogP contribution is 2.76. The number of carbonyl (C=O) groups is 1. The van der Waals surface area contributed by atoms with E-state index in [0.29, 0.717) is 17.2 Å². The van der Waals surface area contributed by atoms with Crippen LogP contribution in [0, 0.1) is 11.3 Å². The monoisotopic (exact) mass is 318 g/mol. The highest BCUT2D eigenvalue weighted by Gasteiger charge is 2.70. The Balaban J connectivity index is 1.69. The van der Waals surface area contributed by atoms with Crippen LogP contribution in [0.25, 0.3) is 10.3 Å². The molecule has 5 rings (SSSR count). The number of fused-ring (bicyclic) bond motifs is 1. The van der Waals surface area contributed by atoms with Gasteiger partial charge in [0.05, 0.1) is 17.7 Å². The summed E-state index contributed by atoms with van der Waals surface area (Å²) in [7, 11) is 0. The standard InChI is InChI=1S/C15H18N4O2S/c1-8(2)14-4-15(5-14,6-14)11-10-12(22-7-17-10)19-9(18-11)3-16-13(20)21/h7-8,16H,3-6H2,1-2H3,(H,20,21). The fraction of sp³-hybridized carbons (Fsp3) is 0.600. The molecule has 1 amide bonds. The maximum Gasteiger partial charge on any atom is 0.405 e. The van der Waals surface area contributed by atoms with Gasteiger partial charge in [-0.2, -0.15) is 0 Å². The van der Waals surface area contributed by atoms with E-state index < -0.39 is 6.09 Å². The number of amides is 1. The van der Waals surface area contributed by atoms with Gasteiger partial charge in [-0.1, -0.05) is 13.8 Å². The molecule has 0 unspecified atom stereocenters. The van der Waals surface area contributed by atoms with E-state index in [1.165, 1.54) is 30.6 Å². The Hall–Kier alpha value is -1.76. The number of hydrogen-bond acceptors (Lipinski definition) is 5. The van der Waals surface area contributed by atoms with E-state index in [1.807, 2.05) is 0 Å². The Labute approximate surface area is 132 Å². The number of thiazole rings is 1. The van der Waals surface area contributed by atoms with Crippen LogP contribution in [0.3, 0.4) is 0 Å². The Morgan fingerprint density at radius 1 is 1.41 bits per heavy atom. The molecule has 3 aliphatic rings. The molecule has 0 atom stereocenters. The summed E-state index contributed by atoms with van der Waals surface area (Å²) in [5.74, 6) is 1.24. The lowest BCUT2D eigenvalue weighted by atomic mass is 9.31. The topological polar surface area (TPSA) is 88.0 Å². The molecule has 0 aromatic carbocycles. The molecular weight excluding hydrogens is 300 g/mol. The molecule has 0 spiro atoms. The SMILES string of the molecule is CC(C)C12CC(c3nc(CNC(=O)O)nc4scnc34)(C1)C2. The Morgan fingerprint density at radius 2 is 2.14 bits per heavy atom. The van der Waals surface area contributed by atoms with Crippen molar-refractivity contribution < 1.29 is 9.90 Å². The van der Waals surface area contributed by atoms with Crippen LogP contribution in [0.1, 0.15) is 44.6 Å². The molecule has 2 aromatic rings. The zero-order valence-corrected chi connectivity index (χ0v) is 13.4. The van der Waals surface area contributed by atoms with Crippen molar-refractivity contribution in [2.45, 2.75) is 45.1 Å². The van der Waals surface area contributed by atoms with Gasteiger partial charge in [0, 0.05) is 5.41 Å². The molecule has 116 valence electrons. The summed E-state index contributed by atoms with van der Waals surface area (Å²) in [6.45, 7) is 4.73. The molecule has 2 N–H and O–H groups in total. The van der Waals surface area contributed by atoms with Crippen molar-refractivity contribution in [3.05, 3.63) is 17.0 Å². The van der Waals surface area contributed by atoms with Gasteiger partial charge in [0.15, 0.2) is 0 Å². The van der Waals surface area contributed by atoms with Crippen molar-refractivity contribution in [1.29, 1.82) is 0 Å². The van der Waals surface area contributed by atoms with Crippen LogP contribution in [0.5, 0.6) is 0 Å². The second-order valence-electron chi connectivity index (χ2n) is 6.98. The number of rotatable bonds is 4. The van der Waals surface area contributed by atoms with Crippen LogP contribution in [-0.2, 0) is 12.0 Å². The van der Waals surface area contributed by atoms with E-state index in [4.69, 9.17) is 5.11 Å². The van der Waals surface area contributed by atoms with Gasteiger partial charge in [-0.3, -0.25) is 0 Å². The highest BCUT2D eigenvalue weighted by atomic mass is 32.1. The van der Waals surface area contributed by atoms with Gasteiger partial charge >= 0.3 is 6.09 Å². The normalized spacial score (nSPS) is 29.2. The fourth-order valence-electron chi connectivity index (χ4n) is 4.14. The minimum absolute atomic E-state index is 0.140. The van der Waals surface area contributed by atoms with Crippen LogP contribution in [0.15, 0.2) is 5.51 Å². The predicted molar refractivity (Wildman–Crippen MR) is 82.9 cm³/mol. The second kappa shape index (κ2) is 4.38. The Bertz CT molecular complexity index is 750. The number of hydrogen-bond donors (Lipinski definition) is 2. The molecule has 0 aliphatic heterocycles. The predicted octanol–water partition coefficient (Wildman–Crippen LogP) is 2.93. The summed E-state index contributed by atoms with van der Waals surface area (Å²) in [5.41, 5.74) is 4.37. The Morgan fingerprint density at radius 3 is 2.77 bits per heavy atom. The summed E-state index contributed by atoms with van der Waals surface area (Å²) < 4.78 is 0. The molecule has 0 radical (unpaired) electrons. The average molecular weight is 318 g/mol. The van der Waals surface area contributed by atoms with Crippen LogP contribution < -0.4 is 5.32 Å². The van der Waals surface area contributed by atoms with Crippen LogP contribution >= 0.6 is 11.3 Å². The lowest BCUT2D eigenvalue weighted by Gasteiger charge is -2.72. The van der Waals surface area contributed by atoms with Crippen molar-refractivity contribution in [3.63, 3.8) is 0 Å². The van der Waals surface area contributed by atoms with Crippen LogP contribution in [0.4, 0.5) is 4.79 Å². The number of carboxylic acid groups (broad SMARTS) is 1. The third kappa shape index (κ3) is 1.78. The van der Waals surface area contributed by atoms with E-state index in [1.54, 1.807) is 5.51 Å². The molecule has 3 fully saturated rings. The van der Waals surface area contributed by atoms with Gasteiger partial charge in [-0.15, -0.1) is 11.3 Å². The number of nitrogens with zero attached hydrogens (tertiary/aromatic N) is 3. The van der Waals surface area contributed by atoms with Crippen LogP contribution in [-0.4, -0.2) is 26.2 Å². The second-order valence-corrected chi connectivity index (χ2v) is 7.81. The summed E-state index contributed by atoms with van der Waals surface area (Å²) in [6, 6.07) is 0. The first kappa shape index (κ1) is 13.9. The van der Waals surface area contributed by atoms with Crippen molar-refractivity contribution in [2.24, 2.45) is 11.3 Å². The molecule has 3 aliphatic carbocycles. The molecular formula is C15H18N4O2S. The quantitative estimate of drug-likeness (QED) is 0.905. The highest BCUT2D eigenvalue weighted by molar-refractivity contribution is 7.16. The Kier molecular flexibility index (Phi) is 2.76. The first-order valence-electron chi connectivity index (χ1n) is 7.52. The first-order chi connectivity index (χ1) is 10.4. The fourth-order valence-corrected chi connectivity index (χ4v) is 4.82. The molecule has 3 saturated carbocycles. The summed E-state index contributed by atoms with van der Waals surface area (Å²) in [6.07, 6.45) is 2.46. The van der Waals surface area contributed by atoms with Crippen molar-refractivity contribution >= 4 is 27.8 Å². The molecule has 6 nitrogen and oxygen atoms in total. The molecule has 2 bridgehead atoms. The lowest BCUT2D eigenvalue weighted by molar-refractivity contribution is -0.174. The van der Waals surface area contributed by atoms with E-state index >= 15 is 0 Å². The minimum atomic E-state index is -1.06. The third-order valence-corrected chi connectivity index (χ3v) is 6.16. The van der Waals surface area contributed by atoms with Gasteiger partial charge in [0.1, 0.15) is 16.2 Å². The lowest BCUT2D eigenvalue weighted by Crippen LogP contribution is -2.67. The molecule has 2 heterocycles. The zero-order valence-electron chi connectivity index (χ0n) is 12.6. The largest absolute Gasteiger partial charge is 0.465 e. The maximum absolute atomic E-state index is 10.7.